The molecule has 0 radical (unpaired) electrons. The Labute approximate surface area is 128 Å². The van der Waals surface area contributed by atoms with Gasteiger partial charge < -0.3 is 10.2 Å². The Morgan fingerprint density at radius 2 is 2.10 bits per heavy atom. The number of carbonyl (C=O) groups is 2. The number of hydrogen-bond donors (Lipinski definition) is 2. The summed E-state index contributed by atoms with van der Waals surface area (Å²) in [5.74, 6) is 0.798. The molecule has 21 heavy (non-hydrogen) atoms. The molecule has 1 fully saturated rings. The summed E-state index contributed by atoms with van der Waals surface area (Å²) >= 11 is 1.82. The number of benzene rings is 1. The first-order valence-corrected chi connectivity index (χ1v) is 8.28. The van der Waals surface area contributed by atoms with Gasteiger partial charge in [-0.05, 0) is 37.1 Å². The Balaban J connectivity index is 1.60. The van der Waals surface area contributed by atoms with Crippen LogP contribution in [0, 0.1) is 0 Å². The van der Waals surface area contributed by atoms with Crippen molar-refractivity contribution in [2.75, 3.05) is 23.7 Å². The third-order valence-electron chi connectivity index (χ3n) is 3.54. The number of rotatable bonds is 3. The summed E-state index contributed by atoms with van der Waals surface area (Å²) in [4.78, 5) is 26.9. The molecule has 0 saturated heterocycles. The summed E-state index contributed by atoms with van der Waals surface area (Å²) in [5, 5.41) is 5.17. The molecule has 112 valence electrons. The lowest BCUT2D eigenvalue weighted by molar-refractivity contribution is -0.118. The number of thioether (sulfide) groups is 1. The lowest BCUT2D eigenvalue weighted by Gasteiger charge is -2.23. The molecule has 1 aromatic carbocycles. The van der Waals surface area contributed by atoms with Gasteiger partial charge in [0.2, 0.25) is 5.91 Å². The van der Waals surface area contributed by atoms with Crippen LogP contribution in [0.1, 0.15) is 19.3 Å². The van der Waals surface area contributed by atoms with Gasteiger partial charge in [-0.2, -0.15) is 0 Å². The molecule has 1 saturated carbocycles. The summed E-state index contributed by atoms with van der Waals surface area (Å²) in [6.07, 6.45) is 3.05. The lowest BCUT2D eigenvalue weighted by atomic mass is 10.2. The molecule has 0 unspecified atom stereocenters. The molecule has 1 aliphatic carbocycles. The molecule has 3 amide bonds. The van der Waals surface area contributed by atoms with E-state index in [2.05, 4.69) is 21.6 Å². The van der Waals surface area contributed by atoms with Crippen LogP contribution >= 0.6 is 11.8 Å². The maximum atomic E-state index is 12.0. The van der Waals surface area contributed by atoms with Gasteiger partial charge in [-0.25, -0.2) is 4.79 Å². The fourth-order valence-electron chi connectivity index (χ4n) is 2.35. The summed E-state index contributed by atoms with van der Waals surface area (Å²) in [5.41, 5.74) is 1.08. The number of nitrogens with one attached hydrogen (secondary N) is 2. The average molecular weight is 305 g/mol. The van der Waals surface area contributed by atoms with Crippen LogP contribution in [-0.4, -0.2) is 36.8 Å². The molecule has 1 aliphatic heterocycles. The second-order valence-corrected chi connectivity index (χ2v) is 6.52. The first-order chi connectivity index (χ1) is 10.2. The van der Waals surface area contributed by atoms with Crippen molar-refractivity contribution in [2.24, 2.45) is 0 Å². The summed E-state index contributed by atoms with van der Waals surface area (Å²) in [7, 11) is 0. The number of para-hydroxylation sites is 1. The third kappa shape index (κ3) is 3.91. The number of anilines is 1. The molecule has 5 nitrogen and oxygen atoms in total. The molecule has 1 heterocycles. The van der Waals surface area contributed by atoms with Gasteiger partial charge in [0.1, 0.15) is 0 Å². The Hall–Kier alpha value is -1.69. The molecule has 6 heteroatoms. The highest BCUT2D eigenvalue weighted by molar-refractivity contribution is 7.99. The number of nitrogens with zero attached hydrogens (tertiary/aromatic N) is 1. The normalized spacial score (nSPS) is 17.6. The molecule has 1 aromatic rings. The maximum Gasteiger partial charge on any atom is 0.321 e. The third-order valence-corrected chi connectivity index (χ3v) is 4.68. The van der Waals surface area contributed by atoms with E-state index >= 15 is 0 Å². The van der Waals surface area contributed by atoms with Gasteiger partial charge in [0.15, 0.2) is 0 Å². The molecule has 2 N–H and O–H groups in total. The van der Waals surface area contributed by atoms with Crippen LogP contribution in [-0.2, 0) is 4.79 Å². The molecule has 0 aromatic heterocycles. The number of imide groups is 1. The number of carbonyl (C=O) groups excluding carboxylic acids is 2. The Kier molecular flexibility index (Phi) is 4.34. The van der Waals surface area contributed by atoms with Crippen LogP contribution in [0.5, 0.6) is 0 Å². The van der Waals surface area contributed by atoms with Gasteiger partial charge >= 0.3 is 6.03 Å². The second-order valence-electron chi connectivity index (χ2n) is 5.39. The standard InChI is InChI=1S/C15H19N3O2S/c19-14(17-15(20)16-11-6-7-11)10-18-8-3-9-21-13-5-2-1-4-12(13)18/h1-2,4-5,11H,3,6-10H2,(H2,16,17,19,20). The zero-order valence-corrected chi connectivity index (χ0v) is 12.6. The Morgan fingerprint density at radius 3 is 2.90 bits per heavy atom. The van der Waals surface area contributed by atoms with Gasteiger partial charge in [0.05, 0.1) is 12.2 Å². The van der Waals surface area contributed by atoms with Gasteiger partial charge in [-0.1, -0.05) is 12.1 Å². The van der Waals surface area contributed by atoms with E-state index in [1.807, 2.05) is 30.0 Å². The van der Waals surface area contributed by atoms with Gasteiger partial charge in [-0.15, -0.1) is 11.8 Å². The fourth-order valence-corrected chi connectivity index (χ4v) is 3.36. The van der Waals surface area contributed by atoms with Crippen molar-refractivity contribution in [3.8, 4) is 0 Å². The Morgan fingerprint density at radius 1 is 1.29 bits per heavy atom. The van der Waals surface area contributed by atoms with Crippen LogP contribution in [0.2, 0.25) is 0 Å². The van der Waals surface area contributed by atoms with Gasteiger partial charge in [0.25, 0.3) is 0 Å². The predicted octanol–water partition coefficient (Wildman–Crippen LogP) is 1.98. The monoisotopic (exact) mass is 305 g/mol. The highest BCUT2D eigenvalue weighted by Gasteiger charge is 2.24. The minimum Gasteiger partial charge on any atom is -0.361 e. The first kappa shape index (κ1) is 14.3. The van der Waals surface area contributed by atoms with Crippen LogP contribution in [0.3, 0.4) is 0 Å². The molecule has 2 aliphatic rings. The molecule has 0 atom stereocenters. The summed E-state index contributed by atoms with van der Waals surface area (Å²) in [6.45, 7) is 1.05. The first-order valence-electron chi connectivity index (χ1n) is 7.29. The number of fused-ring (bicyclic) bond motifs is 1. The van der Waals surface area contributed by atoms with E-state index in [0.29, 0.717) is 0 Å². The number of urea groups is 1. The van der Waals surface area contributed by atoms with Crippen LogP contribution in [0.25, 0.3) is 0 Å². The zero-order valence-electron chi connectivity index (χ0n) is 11.8. The van der Waals surface area contributed by atoms with E-state index in [0.717, 1.165) is 37.2 Å². The molecule has 0 bridgehead atoms. The minimum atomic E-state index is -0.375. The van der Waals surface area contributed by atoms with Gasteiger partial charge in [-0.3, -0.25) is 10.1 Å². The van der Waals surface area contributed by atoms with Crippen molar-refractivity contribution in [2.45, 2.75) is 30.2 Å². The number of amides is 3. The van der Waals surface area contributed by atoms with E-state index in [9.17, 15) is 9.59 Å². The Bertz CT molecular complexity index is 545. The molecule has 0 spiro atoms. The molecule has 3 rings (SSSR count). The zero-order chi connectivity index (χ0) is 14.7. The van der Waals surface area contributed by atoms with Crippen molar-refractivity contribution in [3.63, 3.8) is 0 Å². The van der Waals surface area contributed by atoms with E-state index in [4.69, 9.17) is 0 Å². The van der Waals surface area contributed by atoms with E-state index in [1.165, 1.54) is 4.90 Å². The van der Waals surface area contributed by atoms with Crippen LogP contribution < -0.4 is 15.5 Å². The highest BCUT2D eigenvalue weighted by Crippen LogP contribution is 2.33. The largest absolute Gasteiger partial charge is 0.361 e. The average Bonchev–Trinajstić information content (AvgIpc) is 3.27. The lowest BCUT2D eigenvalue weighted by Crippen LogP contribution is -2.45. The van der Waals surface area contributed by atoms with Crippen molar-refractivity contribution < 1.29 is 9.59 Å². The smallest absolute Gasteiger partial charge is 0.321 e. The quantitative estimate of drug-likeness (QED) is 0.896. The summed E-state index contributed by atoms with van der Waals surface area (Å²) in [6, 6.07) is 7.99. The van der Waals surface area contributed by atoms with Crippen LogP contribution in [0.15, 0.2) is 29.2 Å². The van der Waals surface area contributed by atoms with E-state index < -0.39 is 0 Å². The van der Waals surface area contributed by atoms with Crippen molar-refractivity contribution in [1.29, 1.82) is 0 Å². The maximum absolute atomic E-state index is 12.0. The van der Waals surface area contributed by atoms with Crippen LogP contribution in [0.4, 0.5) is 10.5 Å². The van der Waals surface area contributed by atoms with E-state index in [1.54, 1.807) is 0 Å². The van der Waals surface area contributed by atoms with E-state index in [-0.39, 0.29) is 24.5 Å². The van der Waals surface area contributed by atoms with Crippen molar-refractivity contribution >= 4 is 29.4 Å². The van der Waals surface area contributed by atoms with Gasteiger partial charge in [0, 0.05) is 17.5 Å². The SMILES string of the molecule is O=C(CN1CCCSc2ccccc21)NC(=O)NC1CC1. The summed E-state index contributed by atoms with van der Waals surface area (Å²) < 4.78 is 0. The fraction of sp³-hybridized carbons (Fsp3) is 0.467. The molecular weight excluding hydrogens is 286 g/mol. The predicted molar refractivity (Wildman–Crippen MR) is 83.7 cm³/mol. The highest BCUT2D eigenvalue weighted by atomic mass is 32.2. The topological polar surface area (TPSA) is 61.4 Å². The minimum absolute atomic E-state index is 0.218. The number of hydrogen-bond acceptors (Lipinski definition) is 4. The molecular formula is C15H19N3O2S. The second kappa shape index (κ2) is 6.39. The van der Waals surface area contributed by atoms with Crippen molar-refractivity contribution in [1.82, 2.24) is 10.6 Å². The van der Waals surface area contributed by atoms with Crippen molar-refractivity contribution in [3.05, 3.63) is 24.3 Å².